The number of thiazole rings is 1. The fourth-order valence-corrected chi connectivity index (χ4v) is 4.21. The Morgan fingerprint density at radius 1 is 1.17 bits per heavy atom. The molecule has 0 aliphatic carbocycles. The van der Waals surface area contributed by atoms with Crippen molar-refractivity contribution in [2.24, 2.45) is 0 Å². The van der Waals surface area contributed by atoms with E-state index in [9.17, 15) is 9.59 Å². The molecular weight excluding hydrogens is 408 g/mol. The van der Waals surface area contributed by atoms with Gasteiger partial charge in [-0.2, -0.15) is 5.16 Å². The molecule has 0 saturated carbocycles. The van der Waals surface area contributed by atoms with Crippen LogP contribution in [0.5, 0.6) is 0 Å². The lowest BCUT2D eigenvalue weighted by Gasteiger charge is -2.27. The molecule has 0 atom stereocenters. The zero-order valence-corrected chi connectivity index (χ0v) is 17.3. The van der Waals surface area contributed by atoms with Crippen LogP contribution >= 0.6 is 23.6 Å². The van der Waals surface area contributed by atoms with Crippen molar-refractivity contribution in [2.75, 3.05) is 10.2 Å². The van der Waals surface area contributed by atoms with E-state index >= 15 is 0 Å². The van der Waals surface area contributed by atoms with Gasteiger partial charge < -0.3 is 14.8 Å². The van der Waals surface area contributed by atoms with Gasteiger partial charge in [0.2, 0.25) is 0 Å². The zero-order valence-electron chi connectivity index (χ0n) is 15.7. The third-order valence-electron chi connectivity index (χ3n) is 4.36. The van der Waals surface area contributed by atoms with Crippen LogP contribution in [0.25, 0.3) is 21.5 Å². The molecule has 2 heterocycles. The van der Waals surface area contributed by atoms with E-state index in [1.165, 1.54) is 17.4 Å². The summed E-state index contributed by atoms with van der Waals surface area (Å²) in [4.78, 5) is 29.0. The largest absolute Gasteiger partial charge is 0.378 e. The highest BCUT2D eigenvalue weighted by Crippen LogP contribution is 2.27. The van der Waals surface area contributed by atoms with Crippen molar-refractivity contribution < 1.29 is 9.32 Å². The second-order valence-electron chi connectivity index (χ2n) is 6.74. The lowest BCUT2D eigenvalue weighted by Crippen LogP contribution is -2.40. The second kappa shape index (κ2) is 7.69. The van der Waals surface area contributed by atoms with Gasteiger partial charge in [-0.3, -0.25) is 9.69 Å². The van der Waals surface area contributed by atoms with Crippen molar-refractivity contribution in [3.05, 3.63) is 62.8 Å². The lowest BCUT2D eigenvalue weighted by molar-refractivity contribution is 0.255. The number of H-pyrrole nitrogens is 2. The number of fused-ring (bicyclic) bond motifs is 1. The molecule has 2 aromatic carbocycles. The topological polar surface area (TPSA) is 94.1 Å². The predicted molar refractivity (Wildman–Crippen MR) is 118 cm³/mol. The van der Waals surface area contributed by atoms with E-state index in [1.807, 2.05) is 32.0 Å². The molecule has 0 fully saturated rings. The predicted octanol–water partition coefficient (Wildman–Crippen LogP) is 5.35. The van der Waals surface area contributed by atoms with E-state index in [2.05, 4.69) is 15.5 Å². The maximum absolute atomic E-state index is 13.0. The number of amides is 2. The van der Waals surface area contributed by atoms with Gasteiger partial charge in [0.15, 0.2) is 9.71 Å². The van der Waals surface area contributed by atoms with Crippen LogP contribution in [0, 0.1) is 3.95 Å². The Bertz CT molecular complexity index is 1280. The SMILES string of the molecule is CC(C)N(C(=O)Nc1ccc(-c2cc(=O)[nH]o2)cc1)c1ccc2[nH]c(=S)sc2c1. The number of carbonyl (C=O) groups excluding carboxylic acids is 1. The molecule has 0 aliphatic rings. The Hall–Kier alpha value is -3.17. The van der Waals surface area contributed by atoms with Crippen molar-refractivity contribution >= 4 is 51.2 Å². The van der Waals surface area contributed by atoms with Crippen LogP contribution in [0.15, 0.2) is 57.8 Å². The molecule has 0 unspecified atom stereocenters. The molecule has 2 amide bonds. The number of anilines is 2. The molecule has 3 N–H and O–H groups in total. The molecule has 148 valence electrons. The first-order valence-electron chi connectivity index (χ1n) is 8.93. The number of hydrogen-bond donors (Lipinski definition) is 3. The summed E-state index contributed by atoms with van der Waals surface area (Å²) in [5, 5.41) is 5.18. The summed E-state index contributed by atoms with van der Waals surface area (Å²) in [5.74, 6) is 0.443. The first-order valence-corrected chi connectivity index (χ1v) is 10.2. The van der Waals surface area contributed by atoms with Crippen LogP contribution in [0.4, 0.5) is 16.2 Å². The van der Waals surface area contributed by atoms with Gasteiger partial charge >= 0.3 is 6.03 Å². The van der Waals surface area contributed by atoms with Gasteiger partial charge in [-0.05, 0) is 68.5 Å². The summed E-state index contributed by atoms with van der Waals surface area (Å²) >= 11 is 6.68. The summed E-state index contributed by atoms with van der Waals surface area (Å²) < 4.78 is 6.80. The quantitative estimate of drug-likeness (QED) is 0.383. The normalized spacial score (nSPS) is 11.1. The summed E-state index contributed by atoms with van der Waals surface area (Å²) in [6.07, 6.45) is 0. The van der Waals surface area contributed by atoms with Crippen molar-refractivity contribution in [3.63, 3.8) is 0 Å². The molecule has 4 aromatic rings. The highest BCUT2D eigenvalue weighted by atomic mass is 32.1. The second-order valence-corrected chi connectivity index (χ2v) is 8.46. The third-order valence-corrected chi connectivity index (χ3v) is 5.56. The van der Waals surface area contributed by atoms with Gasteiger partial charge in [0.1, 0.15) is 0 Å². The Kier molecular flexibility index (Phi) is 5.08. The molecule has 7 nitrogen and oxygen atoms in total. The van der Waals surface area contributed by atoms with Gasteiger partial charge in [0.05, 0.1) is 16.3 Å². The van der Waals surface area contributed by atoms with Crippen LogP contribution in [0.1, 0.15) is 13.8 Å². The smallest absolute Gasteiger partial charge is 0.326 e. The van der Waals surface area contributed by atoms with E-state index in [-0.39, 0.29) is 17.6 Å². The monoisotopic (exact) mass is 426 g/mol. The molecule has 0 bridgehead atoms. The summed E-state index contributed by atoms with van der Waals surface area (Å²) in [6.45, 7) is 3.92. The van der Waals surface area contributed by atoms with Crippen molar-refractivity contribution in [3.8, 4) is 11.3 Å². The van der Waals surface area contributed by atoms with Gasteiger partial charge in [0, 0.05) is 23.0 Å². The van der Waals surface area contributed by atoms with E-state index in [4.69, 9.17) is 16.7 Å². The van der Waals surface area contributed by atoms with Gasteiger partial charge in [0.25, 0.3) is 5.56 Å². The van der Waals surface area contributed by atoms with Crippen LogP contribution in [0.3, 0.4) is 0 Å². The number of hydrogen-bond acceptors (Lipinski definition) is 5. The molecule has 9 heteroatoms. The molecule has 0 radical (unpaired) electrons. The van der Waals surface area contributed by atoms with Gasteiger partial charge in [-0.1, -0.05) is 0 Å². The number of carbonyl (C=O) groups is 1. The molecule has 0 saturated heterocycles. The number of nitrogens with one attached hydrogen (secondary N) is 3. The maximum atomic E-state index is 13.0. The Morgan fingerprint density at radius 2 is 1.93 bits per heavy atom. The van der Waals surface area contributed by atoms with Crippen molar-refractivity contribution in [1.29, 1.82) is 0 Å². The van der Waals surface area contributed by atoms with E-state index in [1.54, 1.807) is 29.2 Å². The Balaban J connectivity index is 1.57. The van der Waals surface area contributed by atoms with E-state index < -0.39 is 0 Å². The number of aromatic nitrogens is 2. The van der Waals surface area contributed by atoms with Crippen LogP contribution in [-0.4, -0.2) is 22.2 Å². The zero-order chi connectivity index (χ0) is 20.5. The fraction of sp³-hybridized carbons (Fsp3) is 0.150. The average molecular weight is 427 g/mol. The minimum atomic E-state index is -0.298. The first-order chi connectivity index (χ1) is 13.9. The number of aromatic amines is 2. The third kappa shape index (κ3) is 4.01. The minimum absolute atomic E-state index is 0.0484. The average Bonchev–Trinajstić information content (AvgIpc) is 3.26. The molecule has 4 rings (SSSR count). The summed E-state index contributed by atoms with van der Waals surface area (Å²) in [5.41, 5.74) is 2.83. The summed E-state index contributed by atoms with van der Waals surface area (Å²) in [6, 6.07) is 14.0. The van der Waals surface area contributed by atoms with Crippen molar-refractivity contribution in [2.45, 2.75) is 19.9 Å². The number of nitrogens with zero attached hydrogens (tertiary/aromatic N) is 1. The van der Waals surface area contributed by atoms with Crippen LogP contribution in [0.2, 0.25) is 0 Å². The van der Waals surface area contributed by atoms with E-state index in [0.29, 0.717) is 15.4 Å². The number of rotatable bonds is 4. The van der Waals surface area contributed by atoms with Crippen LogP contribution < -0.4 is 15.8 Å². The number of urea groups is 1. The van der Waals surface area contributed by atoms with Crippen molar-refractivity contribution in [1.82, 2.24) is 10.1 Å². The van der Waals surface area contributed by atoms with Gasteiger partial charge in [-0.15, -0.1) is 11.3 Å². The highest BCUT2D eigenvalue weighted by Gasteiger charge is 2.20. The van der Waals surface area contributed by atoms with Crippen LogP contribution in [-0.2, 0) is 0 Å². The van der Waals surface area contributed by atoms with Gasteiger partial charge in [-0.25, -0.2) is 4.79 Å². The summed E-state index contributed by atoms with van der Waals surface area (Å²) in [7, 11) is 0. The molecule has 0 spiro atoms. The van der Waals surface area contributed by atoms with E-state index in [0.717, 1.165) is 21.5 Å². The lowest BCUT2D eigenvalue weighted by atomic mass is 10.1. The molecule has 0 aliphatic heterocycles. The fourth-order valence-electron chi connectivity index (χ4n) is 3.06. The Labute approximate surface area is 175 Å². The number of benzene rings is 2. The Morgan fingerprint density at radius 3 is 2.59 bits per heavy atom. The maximum Gasteiger partial charge on any atom is 0.326 e. The minimum Gasteiger partial charge on any atom is -0.378 e. The molecule has 2 aromatic heterocycles. The first kappa shape index (κ1) is 19.2. The standard InChI is InChI=1S/C20H18N4O3S2/c1-11(2)24(14-7-8-15-17(9-14)29-20(28)22-15)19(26)21-13-5-3-12(4-6-13)16-10-18(25)23-27-16/h3-11H,1-2H3,(H,21,26)(H,22,28)(H,23,25). The molecule has 29 heavy (non-hydrogen) atoms. The highest BCUT2D eigenvalue weighted by molar-refractivity contribution is 7.73. The molecular formula is C20H18N4O3S2.